The van der Waals surface area contributed by atoms with Crippen molar-refractivity contribution in [3.8, 4) is 0 Å². The molecule has 1 aliphatic heterocycles. The van der Waals surface area contributed by atoms with E-state index in [9.17, 15) is 18.0 Å². The molecule has 1 heterocycles. The number of rotatable bonds is 3. The van der Waals surface area contributed by atoms with Crippen LogP contribution in [0.4, 0.5) is 13.2 Å². The summed E-state index contributed by atoms with van der Waals surface area (Å²) < 4.78 is 35.9. The number of nitrogens with one attached hydrogen (secondary N) is 1. The summed E-state index contributed by atoms with van der Waals surface area (Å²) in [5.74, 6) is -0.538. The third-order valence-electron chi connectivity index (χ3n) is 3.03. The molecule has 1 saturated heterocycles. The van der Waals surface area contributed by atoms with Crippen LogP contribution in [-0.4, -0.2) is 42.7 Å². The Morgan fingerprint density at radius 3 is 2.24 bits per heavy atom. The largest absolute Gasteiger partial charge is 0.405 e. The van der Waals surface area contributed by atoms with E-state index in [1.54, 1.807) is 6.92 Å². The van der Waals surface area contributed by atoms with Crippen LogP contribution in [0.5, 0.6) is 0 Å². The van der Waals surface area contributed by atoms with Gasteiger partial charge in [-0.05, 0) is 32.9 Å². The minimum atomic E-state index is -4.34. The molecule has 3 nitrogen and oxygen atoms in total. The quantitative estimate of drug-likeness (QED) is 0.832. The second-order valence-corrected chi connectivity index (χ2v) is 4.46. The summed E-state index contributed by atoms with van der Waals surface area (Å²) in [5.41, 5.74) is 0. The van der Waals surface area contributed by atoms with E-state index in [1.165, 1.54) is 0 Å². The van der Waals surface area contributed by atoms with E-state index < -0.39 is 24.7 Å². The first-order valence-corrected chi connectivity index (χ1v) is 5.98. The summed E-state index contributed by atoms with van der Waals surface area (Å²) in [5, 5.41) is 1.93. The van der Waals surface area contributed by atoms with Gasteiger partial charge in [0.1, 0.15) is 6.54 Å². The number of carbonyl (C=O) groups is 1. The van der Waals surface area contributed by atoms with Crippen molar-refractivity contribution in [2.75, 3.05) is 19.6 Å². The lowest BCUT2D eigenvalue weighted by Gasteiger charge is -2.26. The topological polar surface area (TPSA) is 32.3 Å². The van der Waals surface area contributed by atoms with E-state index in [2.05, 4.69) is 0 Å². The number of alkyl halides is 3. The maximum atomic E-state index is 12.0. The number of nitrogens with zero attached hydrogens (tertiary/aromatic N) is 1. The second-order valence-electron chi connectivity index (χ2n) is 4.46. The van der Waals surface area contributed by atoms with Crippen molar-refractivity contribution in [3.05, 3.63) is 0 Å². The van der Waals surface area contributed by atoms with Crippen LogP contribution >= 0.6 is 0 Å². The van der Waals surface area contributed by atoms with Crippen LogP contribution in [0.15, 0.2) is 0 Å². The Morgan fingerprint density at radius 2 is 1.76 bits per heavy atom. The van der Waals surface area contributed by atoms with Gasteiger partial charge in [-0.1, -0.05) is 12.8 Å². The van der Waals surface area contributed by atoms with Crippen LogP contribution in [0.3, 0.4) is 0 Å². The van der Waals surface area contributed by atoms with Gasteiger partial charge in [0, 0.05) is 0 Å². The molecular weight excluding hydrogens is 233 g/mol. The molecule has 6 heteroatoms. The molecule has 1 fully saturated rings. The van der Waals surface area contributed by atoms with Crippen molar-refractivity contribution in [1.29, 1.82) is 0 Å². The van der Waals surface area contributed by atoms with E-state index in [-0.39, 0.29) is 0 Å². The average Bonchev–Trinajstić information content (AvgIpc) is 2.52. The third-order valence-corrected chi connectivity index (χ3v) is 3.03. The minimum absolute atomic E-state index is 0.476. The first-order valence-electron chi connectivity index (χ1n) is 5.98. The van der Waals surface area contributed by atoms with Crippen molar-refractivity contribution < 1.29 is 18.0 Å². The molecule has 0 spiro atoms. The number of amides is 1. The Morgan fingerprint density at radius 1 is 1.24 bits per heavy atom. The summed E-state index contributed by atoms with van der Waals surface area (Å²) in [6.45, 7) is 2.00. The Hall–Kier alpha value is -0.780. The standard InChI is InChI=1S/C11H19F3N2O/c1-9(10(17)15-8-11(12,13)14)16-6-4-2-3-5-7-16/h9H,2-8H2,1H3,(H,15,17). The highest BCUT2D eigenvalue weighted by Crippen LogP contribution is 2.14. The van der Waals surface area contributed by atoms with Gasteiger partial charge in [0.05, 0.1) is 6.04 Å². The summed E-state index contributed by atoms with van der Waals surface area (Å²) in [7, 11) is 0. The molecule has 0 aliphatic carbocycles. The van der Waals surface area contributed by atoms with Gasteiger partial charge in [0.2, 0.25) is 5.91 Å². The molecule has 0 bridgehead atoms. The van der Waals surface area contributed by atoms with E-state index in [4.69, 9.17) is 0 Å². The molecule has 1 unspecified atom stereocenters. The van der Waals surface area contributed by atoms with Crippen LogP contribution in [-0.2, 0) is 4.79 Å². The van der Waals surface area contributed by atoms with Gasteiger partial charge in [0.25, 0.3) is 0 Å². The van der Waals surface area contributed by atoms with Gasteiger partial charge in [-0.3, -0.25) is 9.69 Å². The number of carbonyl (C=O) groups excluding carboxylic acids is 1. The lowest BCUT2D eigenvalue weighted by atomic mass is 10.2. The molecule has 0 aromatic rings. The first-order chi connectivity index (χ1) is 7.90. The van der Waals surface area contributed by atoms with Crippen molar-refractivity contribution in [3.63, 3.8) is 0 Å². The van der Waals surface area contributed by atoms with Crippen LogP contribution in [0, 0.1) is 0 Å². The molecule has 100 valence electrons. The van der Waals surface area contributed by atoms with E-state index in [1.807, 2.05) is 10.2 Å². The van der Waals surface area contributed by atoms with Crippen LogP contribution in [0.25, 0.3) is 0 Å². The zero-order valence-electron chi connectivity index (χ0n) is 10.0. The molecule has 1 N–H and O–H groups in total. The molecule has 1 aliphatic rings. The molecule has 1 rings (SSSR count). The molecule has 0 aromatic heterocycles. The van der Waals surface area contributed by atoms with E-state index in [0.29, 0.717) is 0 Å². The zero-order chi connectivity index (χ0) is 12.9. The van der Waals surface area contributed by atoms with Crippen molar-refractivity contribution in [2.45, 2.75) is 44.8 Å². The molecular formula is C11H19F3N2O. The predicted octanol–water partition coefficient (Wildman–Crippen LogP) is 1.93. The van der Waals surface area contributed by atoms with Crippen molar-refractivity contribution in [2.24, 2.45) is 0 Å². The number of hydrogen-bond acceptors (Lipinski definition) is 2. The van der Waals surface area contributed by atoms with Crippen LogP contribution in [0.1, 0.15) is 32.6 Å². The van der Waals surface area contributed by atoms with Gasteiger partial charge < -0.3 is 5.32 Å². The van der Waals surface area contributed by atoms with Gasteiger partial charge in [-0.2, -0.15) is 13.2 Å². The molecule has 0 aromatic carbocycles. The number of likely N-dealkylation sites (tertiary alicyclic amines) is 1. The number of hydrogen-bond donors (Lipinski definition) is 1. The fourth-order valence-corrected chi connectivity index (χ4v) is 1.98. The summed E-state index contributed by atoms with van der Waals surface area (Å²) in [4.78, 5) is 13.5. The molecule has 1 amide bonds. The molecule has 1 atom stereocenters. The molecule has 0 saturated carbocycles. The summed E-state index contributed by atoms with van der Waals surface area (Å²) in [6, 6.07) is -0.476. The van der Waals surface area contributed by atoms with E-state index >= 15 is 0 Å². The minimum Gasteiger partial charge on any atom is -0.346 e. The maximum Gasteiger partial charge on any atom is 0.405 e. The normalized spacial score (nSPS) is 20.7. The van der Waals surface area contributed by atoms with Crippen molar-refractivity contribution in [1.82, 2.24) is 10.2 Å². The first kappa shape index (κ1) is 14.3. The van der Waals surface area contributed by atoms with Gasteiger partial charge in [-0.25, -0.2) is 0 Å². The Balaban J connectivity index is 2.39. The smallest absolute Gasteiger partial charge is 0.346 e. The third kappa shape index (κ3) is 5.39. The highest BCUT2D eigenvalue weighted by molar-refractivity contribution is 5.81. The van der Waals surface area contributed by atoms with Gasteiger partial charge >= 0.3 is 6.18 Å². The van der Waals surface area contributed by atoms with Gasteiger partial charge in [-0.15, -0.1) is 0 Å². The van der Waals surface area contributed by atoms with E-state index in [0.717, 1.165) is 38.8 Å². The Bertz CT molecular complexity index is 248. The monoisotopic (exact) mass is 252 g/mol. The summed E-state index contributed by atoms with van der Waals surface area (Å²) >= 11 is 0. The molecule has 17 heavy (non-hydrogen) atoms. The molecule has 0 radical (unpaired) electrons. The van der Waals surface area contributed by atoms with Crippen LogP contribution in [0.2, 0.25) is 0 Å². The Labute approximate surface area is 99.4 Å². The highest BCUT2D eigenvalue weighted by atomic mass is 19.4. The summed E-state index contributed by atoms with van der Waals surface area (Å²) in [6.07, 6.45) is -0.0528. The van der Waals surface area contributed by atoms with Crippen molar-refractivity contribution >= 4 is 5.91 Å². The van der Waals surface area contributed by atoms with Gasteiger partial charge in [0.15, 0.2) is 0 Å². The lowest BCUT2D eigenvalue weighted by Crippen LogP contribution is -2.47. The fourth-order valence-electron chi connectivity index (χ4n) is 1.98. The van der Waals surface area contributed by atoms with Crippen LogP contribution < -0.4 is 5.32 Å². The fraction of sp³-hybridized carbons (Fsp3) is 0.909. The second kappa shape index (κ2) is 6.23. The SMILES string of the molecule is CC(C(=O)NCC(F)(F)F)N1CCCCCC1. The predicted molar refractivity (Wildman–Crippen MR) is 58.6 cm³/mol. The lowest BCUT2D eigenvalue weighted by molar-refractivity contribution is -0.141. The Kier molecular flexibility index (Phi) is 5.24. The zero-order valence-corrected chi connectivity index (χ0v) is 10.0. The number of halogens is 3. The maximum absolute atomic E-state index is 12.0. The highest BCUT2D eigenvalue weighted by Gasteiger charge is 2.30. The average molecular weight is 252 g/mol.